The van der Waals surface area contributed by atoms with Crippen LogP contribution in [0, 0.1) is 0 Å². The molecule has 0 aromatic carbocycles. The van der Waals surface area contributed by atoms with Crippen LogP contribution < -0.4 is 0 Å². The van der Waals surface area contributed by atoms with E-state index in [0.717, 1.165) is 38.7 Å². The molecule has 0 aromatic rings. The molecule has 0 saturated carbocycles. The Morgan fingerprint density at radius 1 is 1.00 bits per heavy atom. The molecule has 0 aliphatic carbocycles. The van der Waals surface area contributed by atoms with E-state index >= 15 is 0 Å². The summed E-state index contributed by atoms with van der Waals surface area (Å²) in [4.78, 5) is 0. The molecule has 3 unspecified atom stereocenters. The van der Waals surface area contributed by atoms with Crippen LogP contribution in [0.4, 0.5) is 0 Å². The maximum absolute atomic E-state index is 9.50. The summed E-state index contributed by atoms with van der Waals surface area (Å²) in [6.45, 7) is 1.40. The molecule has 2 heterocycles. The van der Waals surface area contributed by atoms with E-state index < -0.39 is 6.29 Å². The van der Waals surface area contributed by atoms with Crippen LogP contribution in [0.5, 0.6) is 0 Å². The monoisotopic (exact) mass is 202 g/mol. The molecule has 1 N–H and O–H groups in total. The Morgan fingerprint density at radius 2 is 1.86 bits per heavy atom. The van der Waals surface area contributed by atoms with E-state index in [2.05, 4.69) is 0 Å². The Bertz CT molecular complexity index is 168. The van der Waals surface area contributed by atoms with E-state index in [0.29, 0.717) is 6.61 Å². The Labute approximate surface area is 84.1 Å². The van der Waals surface area contributed by atoms with Gasteiger partial charge in [-0.3, -0.25) is 0 Å². The molecule has 82 valence electrons. The number of aliphatic hydroxyl groups excluding tert-OH is 1. The Kier molecular flexibility index (Phi) is 3.75. The fourth-order valence-electron chi connectivity index (χ4n) is 1.89. The Balaban J connectivity index is 1.76. The lowest BCUT2D eigenvalue weighted by Gasteiger charge is -2.32. The summed E-state index contributed by atoms with van der Waals surface area (Å²) in [5.41, 5.74) is 0. The predicted molar refractivity (Wildman–Crippen MR) is 49.7 cm³/mol. The smallest absolute Gasteiger partial charge is 0.181 e. The molecule has 0 bridgehead atoms. The second-order valence-corrected chi connectivity index (χ2v) is 3.87. The van der Waals surface area contributed by atoms with E-state index in [9.17, 15) is 5.11 Å². The van der Waals surface area contributed by atoms with Gasteiger partial charge in [-0.25, -0.2) is 0 Å². The second kappa shape index (κ2) is 5.07. The van der Waals surface area contributed by atoms with Crippen molar-refractivity contribution in [1.29, 1.82) is 0 Å². The van der Waals surface area contributed by atoms with E-state index in [4.69, 9.17) is 14.2 Å². The van der Waals surface area contributed by atoms with Gasteiger partial charge in [0.2, 0.25) is 0 Å². The second-order valence-electron chi connectivity index (χ2n) is 3.87. The molecule has 0 amide bonds. The number of hydrogen-bond acceptors (Lipinski definition) is 4. The molecular formula is C10H18O4. The van der Waals surface area contributed by atoms with Gasteiger partial charge < -0.3 is 19.3 Å². The van der Waals surface area contributed by atoms with Gasteiger partial charge in [0.15, 0.2) is 12.6 Å². The summed E-state index contributed by atoms with van der Waals surface area (Å²) >= 11 is 0. The first-order chi connectivity index (χ1) is 6.86. The zero-order valence-corrected chi connectivity index (χ0v) is 8.35. The Hall–Kier alpha value is -0.160. The standard InChI is InChI=1S/C10H18O4/c11-10-8(4-3-7-13-10)14-9-5-1-2-6-12-9/h8-11H,1-7H2. The van der Waals surface area contributed by atoms with Gasteiger partial charge in [-0.15, -0.1) is 0 Å². The molecule has 3 atom stereocenters. The molecule has 14 heavy (non-hydrogen) atoms. The van der Waals surface area contributed by atoms with Crippen molar-refractivity contribution in [3.63, 3.8) is 0 Å². The highest BCUT2D eigenvalue weighted by atomic mass is 16.7. The first kappa shape index (κ1) is 10.4. The average molecular weight is 202 g/mol. The predicted octanol–water partition coefficient (Wildman–Crippen LogP) is 1.03. The summed E-state index contributed by atoms with van der Waals surface area (Å²) in [5.74, 6) is 0. The van der Waals surface area contributed by atoms with Gasteiger partial charge in [-0.1, -0.05) is 0 Å². The zero-order valence-electron chi connectivity index (χ0n) is 8.35. The molecule has 2 saturated heterocycles. The number of aliphatic hydroxyl groups is 1. The quantitative estimate of drug-likeness (QED) is 0.726. The third-order valence-corrected chi connectivity index (χ3v) is 2.70. The van der Waals surface area contributed by atoms with Crippen molar-refractivity contribution < 1.29 is 19.3 Å². The average Bonchev–Trinajstić information content (AvgIpc) is 2.23. The Morgan fingerprint density at radius 3 is 2.57 bits per heavy atom. The fourth-order valence-corrected chi connectivity index (χ4v) is 1.89. The summed E-state index contributed by atoms with van der Waals surface area (Å²) in [6, 6.07) is 0. The molecule has 0 spiro atoms. The molecule has 2 fully saturated rings. The highest BCUT2D eigenvalue weighted by molar-refractivity contribution is 4.68. The van der Waals surface area contributed by atoms with E-state index in [1.807, 2.05) is 0 Å². The van der Waals surface area contributed by atoms with Crippen LogP contribution in [0.2, 0.25) is 0 Å². The van der Waals surface area contributed by atoms with Gasteiger partial charge in [0.05, 0.1) is 0 Å². The summed E-state index contributed by atoms with van der Waals surface area (Å²) in [5, 5.41) is 9.50. The topological polar surface area (TPSA) is 47.9 Å². The minimum absolute atomic E-state index is 0.134. The van der Waals surface area contributed by atoms with E-state index in [1.54, 1.807) is 0 Å². The van der Waals surface area contributed by atoms with Crippen LogP contribution in [-0.2, 0) is 14.2 Å². The number of ether oxygens (including phenoxy) is 3. The van der Waals surface area contributed by atoms with Crippen molar-refractivity contribution in [3.05, 3.63) is 0 Å². The van der Waals surface area contributed by atoms with Crippen LogP contribution >= 0.6 is 0 Å². The molecule has 0 radical (unpaired) electrons. The lowest BCUT2D eigenvalue weighted by Crippen LogP contribution is -2.40. The maximum atomic E-state index is 9.50. The van der Waals surface area contributed by atoms with Gasteiger partial charge in [0.25, 0.3) is 0 Å². The molecule has 0 aromatic heterocycles. The largest absolute Gasteiger partial charge is 0.366 e. The third-order valence-electron chi connectivity index (χ3n) is 2.70. The maximum Gasteiger partial charge on any atom is 0.181 e. The number of rotatable bonds is 2. The first-order valence-corrected chi connectivity index (χ1v) is 5.43. The van der Waals surface area contributed by atoms with Crippen molar-refractivity contribution >= 4 is 0 Å². The van der Waals surface area contributed by atoms with Gasteiger partial charge in [0, 0.05) is 13.2 Å². The van der Waals surface area contributed by atoms with Crippen molar-refractivity contribution in [2.75, 3.05) is 13.2 Å². The number of hydrogen-bond donors (Lipinski definition) is 1. The molecule has 4 heteroatoms. The van der Waals surface area contributed by atoms with Crippen molar-refractivity contribution in [1.82, 2.24) is 0 Å². The first-order valence-electron chi connectivity index (χ1n) is 5.43. The minimum Gasteiger partial charge on any atom is -0.366 e. The summed E-state index contributed by atoms with van der Waals surface area (Å²) in [6.07, 6.45) is 3.91. The van der Waals surface area contributed by atoms with Crippen LogP contribution in [-0.4, -0.2) is 37.0 Å². The fraction of sp³-hybridized carbons (Fsp3) is 1.00. The third kappa shape index (κ3) is 2.67. The summed E-state index contributed by atoms with van der Waals surface area (Å²) < 4.78 is 16.2. The molecule has 4 nitrogen and oxygen atoms in total. The highest BCUT2D eigenvalue weighted by Crippen LogP contribution is 2.21. The van der Waals surface area contributed by atoms with Gasteiger partial charge >= 0.3 is 0 Å². The van der Waals surface area contributed by atoms with Crippen LogP contribution in [0.3, 0.4) is 0 Å². The molecule has 2 aliphatic heterocycles. The summed E-state index contributed by atoms with van der Waals surface area (Å²) in [7, 11) is 0. The van der Waals surface area contributed by atoms with Crippen LogP contribution in [0.1, 0.15) is 32.1 Å². The van der Waals surface area contributed by atoms with Gasteiger partial charge in [-0.05, 0) is 32.1 Å². The highest BCUT2D eigenvalue weighted by Gasteiger charge is 2.28. The molecular weight excluding hydrogens is 184 g/mol. The van der Waals surface area contributed by atoms with Gasteiger partial charge in [-0.2, -0.15) is 0 Å². The normalized spacial score (nSPS) is 39.6. The van der Waals surface area contributed by atoms with Crippen LogP contribution in [0.25, 0.3) is 0 Å². The lowest BCUT2D eigenvalue weighted by atomic mass is 10.1. The van der Waals surface area contributed by atoms with Gasteiger partial charge in [0.1, 0.15) is 6.10 Å². The van der Waals surface area contributed by atoms with Crippen LogP contribution in [0.15, 0.2) is 0 Å². The van der Waals surface area contributed by atoms with E-state index in [-0.39, 0.29) is 12.4 Å². The van der Waals surface area contributed by atoms with E-state index in [1.165, 1.54) is 0 Å². The minimum atomic E-state index is -0.769. The SMILES string of the molecule is OC1OCCCC1OC1CCCCO1. The zero-order chi connectivity index (χ0) is 9.80. The van der Waals surface area contributed by atoms with Crippen molar-refractivity contribution in [3.8, 4) is 0 Å². The van der Waals surface area contributed by atoms with Crippen molar-refractivity contribution in [2.24, 2.45) is 0 Å². The molecule has 2 aliphatic rings. The molecule has 2 rings (SSSR count). The van der Waals surface area contributed by atoms with Crippen molar-refractivity contribution in [2.45, 2.75) is 50.8 Å². The lowest BCUT2D eigenvalue weighted by molar-refractivity contribution is -0.263.